The van der Waals surface area contributed by atoms with Gasteiger partial charge in [0.1, 0.15) is 5.75 Å². The third-order valence-corrected chi connectivity index (χ3v) is 6.39. The Hall–Kier alpha value is -3.61. The lowest BCUT2D eigenvalue weighted by Crippen LogP contribution is -2.34. The molecule has 0 atom stereocenters. The Morgan fingerprint density at radius 3 is 2.36 bits per heavy atom. The number of carboxylic acid groups (broad SMARTS) is 1. The van der Waals surface area contributed by atoms with E-state index in [-0.39, 0.29) is 5.91 Å². The average molecular weight is 448 g/mol. The van der Waals surface area contributed by atoms with E-state index in [2.05, 4.69) is 10.6 Å². The summed E-state index contributed by atoms with van der Waals surface area (Å²) in [6, 6.07) is 17.2. The summed E-state index contributed by atoms with van der Waals surface area (Å²) in [5.41, 5.74) is 3.00. The van der Waals surface area contributed by atoms with Gasteiger partial charge in [0.15, 0.2) is 0 Å². The number of rotatable bonds is 7. The Kier molecular flexibility index (Phi) is 7.07. The van der Waals surface area contributed by atoms with Crippen LogP contribution in [0.5, 0.6) is 5.75 Å². The molecule has 0 unspecified atom stereocenters. The quantitative estimate of drug-likeness (QED) is 0.487. The lowest BCUT2D eigenvalue weighted by atomic mass is 9.82. The lowest BCUT2D eigenvalue weighted by Gasteiger charge is -2.28. The molecular weight excluding hydrogens is 418 g/mol. The minimum absolute atomic E-state index is 0.104. The van der Waals surface area contributed by atoms with Gasteiger partial charge in [-0.2, -0.15) is 0 Å². The van der Waals surface area contributed by atoms with Gasteiger partial charge in [-0.3, -0.25) is 4.79 Å². The van der Waals surface area contributed by atoms with Gasteiger partial charge in [0.25, 0.3) is 5.91 Å². The lowest BCUT2D eigenvalue weighted by molar-refractivity contribution is 0.0942. The number of ether oxygens (including phenoxy) is 1. The number of carbonyl (C=O) groups excluding carboxylic acids is 1. The van der Waals surface area contributed by atoms with Crippen molar-refractivity contribution in [1.29, 1.82) is 0 Å². The average Bonchev–Trinajstić information content (AvgIpc) is 2.86. The highest BCUT2D eigenvalue weighted by Gasteiger charge is 2.22. The zero-order valence-corrected chi connectivity index (χ0v) is 18.7. The first kappa shape index (κ1) is 22.6. The van der Waals surface area contributed by atoms with Crippen molar-refractivity contribution in [2.24, 2.45) is 11.8 Å². The van der Waals surface area contributed by atoms with Crippen LogP contribution >= 0.6 is 0 Å². The number of amides is 2. The monoisotopic (exact) mass is 447 g/mol. The van der Waals surface area contributed by atoms with E-state index in [9.17, 15) is 9.59 Å². The molecule has 1 saturated carbocycles. The second-order valence-corrected chi connectivity index (χ2v) is 8.59. The van der Waals surface area contributed by atoms with Crippen molar-refractivity contribution in [3.05, 3.63) is 60.2 Å². The highest BCUT2D eigenvalue weighted by atomic mass is 16.5. The molecule has 2 amide bonds. The van der Waals surface area contributed by atoms with E-state index in [4.69, 9.17) is 14.8 Å². The molecule has 0 bridgehead atoms. The van der Waals surface area contributed by atoms with E-state index in [0.717, 1.165) is 53.6 Å². The summed E-state index contributed by atoms with van der Waals surface area (Å²) in [6.07, 6.45) is 2.94. The van der Waals surface area contributed by atoms with Crippen LogP contribution < -0.4 is 15.4 Å². The summed E-state index contributed by atoms with van der Waals surface area (Å²) < 4.78 is 5.34. The zero-order valence-electron chi connectivity index (χ0n) is 18.7. The first-order valence-corrected chi connectivity index (χ1v) is 11.3. The summed E-state index contributed by atoms with van der Waals surface area (Å²) in [5, 5.41) is 15.2. The minimum atomic E-state index is -0.970. The van der Waals surface area contributed by atoms with Gasteiger partial charge < -0.3 is 20.5 Å². The Morgan fingerprint density at radius 2 is 1.67 bits per heavy atom. The smallest absolute Gasteiger partial charge is 0.404 e. The second-order valence-electron chi connectivity index (χ2n) is 8.59. The summed E-state index contributed by atoms with van der Waals surface area (Å²) >= 11 is 0. The normalized spacial score (nSPS) is 18.0. The van der Waals surface area contributed by atoms with Gasteiger partial charge in [-0.05, 0) is 61.8 Å². The Morgan fingerprint density at radius 1 is 0.970 bits per heavy atom. The fourth-order valence-electron chi connectivity index (χ4n) is 4.50. The predicted octanol–water partition coefficient (Wildman–Crippen LogP) is 4.71. The van der Waals surface area contributed by atoms with Crippen LogP contribution in [0.2, 0.25) is 0 Å². The Labute approximate surface area is 193 Å². The molecule has 2 aromatic carbocycles. The summed E-state index contributed by atoms with van der Waals surface area (Å²) in [7, 11) is 1.63. The zero-order chi connectivity index (χ0) is 23.2. The minimum Gasteiger partial charge on any atom is -0.497 e. The standard InChI is InChI=1S/C26H29N3O4/c1-33-20-6-4-5-19(13-20)24-14-22(21-7-2-3-8-23(21)29-24)25(30)27-15-17-9-11-18(12-10-17)16-28-26(31)32/h2-8,13-14,17-18,28H,9-12,15-16H2,1H3,(H,27,30)(H,31,32)/t17-,18-. The molecular formula is C26H29N3O4. The molecule has 0 spiro atoms. The molecule has 33 heavy (non-hydrogen) atoms. The fourth-order valence-corrected chi connectivity index (χ4v) is 4.50. The summed E-state index contributed by atoms with van der Waals surface area (Å²) in [6.45, 7) is 1.12. The molecule has 0 aliphatic heterocycles. The molecule has 1 aromatic heterocycles. The van der Waals surface area contributed by atoms with E-state index in [1.54, 1.807) is 7.11 Å². The van der Waals surface area contributed by atoms with Crippen LogP contribution in [0.3, 0.4) is 0 Å². The van der Waals surface area contributed by atoms with Crippen LogP contribution in [-0.2, 0) is 0 Å². The molecule has 4 rings (SSSR count). The highest BCUT2D eigenvalue weighted by molar-refractivity contribution is 6.07. The van der Waals surface area contributed by atoms with Crippen LogP contribution in [0.4, 0.5) is 4.79 Å². The van der Waals surface area contributed by atoms with Crippen molar-refractivity contribution < 1.29 is 19.4 Å². The summed E-state index contributed by atoms with van der Waals surface area (Å²) in [5.74, 6) is 1.42. The van der Waals surface area contributed by atoms with E-state index in [1.807, 2.05) is 54.6 Å². The predicted molar refractivity (Wildman–Crippen MR) is 128 cm³/mol. The topological polar surface area (TPSA) is 101 Å². The molecule has 7 nitrogen and oxygen atoms in total. The molecule has 1 aliphatic carbocycles. The van der Waals surface area contributed by atoms with Gasteiger partial charge >= 0.3 is 6.09 Å². The molecule has 3 aromatic rings. The largest absolute Gasteiger partial charge is 0.497 e. The molecule has 1 aliphatic rings. The number of para-hydroxylation sites is 1. The van der Waals surface area contributed by atoms with E-state index in [0.29, 0.717) is 30.5 Å². The van der Waals surface area contributed by atoms with Crippen molar-refractivity contribution in [2.45, 2.75) is 25.7 Å². The van der Waals surface area contributed by atoms with Crippen LogP contribution in [0.15, 0.2) is 54.6 Å². The first-order valence-electron chi connectivity index (χ1n) is 11.3. The number of nitrogens with zero attached hydrogens (tertiary/aromatic N) is 1. The number of benzene rings is 2. The SMILES string of the molecule is COc1cccc(-c2cc(C(=O)NC[C@H]3CC[C@H](CNC(=O)O)CC3)c3ccccc3n2)c1. The Bertz CT molecular complexity index is 1140. The highest BCUT2D eigenvalue weighted by Crippen LogP contribution is 2.29. The maximum Gasteiger partial charge on any atom is 0.404 e. The van der Waals surface area contributed by atoms with Crippen molar-refractivity contribution in [1.82, 2.24) is 15.6 Å². The first-order chi connectivity index (χ1) is 16.0. The van der Waals surface area contributed by atoms with Gasteiger partial charge in [-0.1, -0.05) is 30.3 Å². The van der Waals surface area contributed by atoms with Gasteiger partial charge in [0.05, 0.1) is 23.9 Å². The number of nitrogens with one attached hydrogen (secondary N) is 2. The van der Waals surface area contributed by atoms with E-state index in [1.165, 1.54) is 0 Å². The van der Waals surface area contributed by atoms with E-state index < -0.39 is 6.09 Å². The number of pyridine rings is 1. The number of hydrogen-bond acceptors (Lipinski definition) is 4. The number of methoxy groups -OCH3 is 1. The summed E-state index contributed by atoms with van der Waals surface area (Å²) in [4.78, 5) is 28.7. The van der Waals surface area contributed by atoms with Crippen molar-refractivity contribution in [3.8, 4) is 17.0 Å². The molecule has 0 radical (unpaired) electrons. The third-order valence-electron chi connectivity index (χ3n) is 6.39. The van der Waals surface area contributed by atoms with Crippen LogP contribution in [-0.4, -0.2) is 42.3 Å². The van der Waals surface area contributed by atoms with Crippen molar-refractivity contribution in [3.63, 3.8) is 0 Å². The van der Waals surface area contributed by atoms with Gasteiger partial charge in [0, 0.05) is 24.0 Å². The molecule has 1 fully saturated rings. The van der Waals surface area contributed by atoms with Crippen LogP contribution in [0.25, 0.3) is 22.2 Å². The van der Waals surface area contributed by atoms with Crippen molar-refractivity contribution >= 4 is 22.9 Å². The maximum absolute atomic E-state index is 13.2. The van der Waals surface area contributed by atoms with Crippen molar-refractivity contribution in [2.75, 3.05) is 20.2 Å². The number of hydrogen-bond donors (Lipinski definition) is 3. The molecule has 1 heterocycles. The third kappa shape index (κ3) is 5.61. The number of aromatic nitrogens is 1. The van der Waals surface area contributed by atoms with E-state index >= 15 is 0 Å². The molecule has 7 heteroatoms. The fraction of sp³-hybridized carbons (Fsp3) is 0.346. The van der Waals surface area contributed by atoms with Gasteiger partial charge in [-0.15, -0.1) is 0 Å². The Balaban J connectivity index is 1.47. The van der Waals surface area contributed by atoms with Crippen LogP contribution in [0.1, 0.15) is 36.0 Å². The van der Waals surface area contributed by atoms with Gasteiger partial charge in [-0.25, -0.2) is 9.78 Å². The van der Waals surface area contributed by atoms with Gasteiger partial charge in [0.2, 0.25) is 0 Å². The maximum atomic E-state index is 13.2. The number of carbonyl (C=O) groups is 2. The number of fused-ring (bicyclic) bond motifs is 1. The second kappa shape index (κ2) is 10.3. The van der Waals surface area contributed by atoms with Crippen LogP contribution in [0, 0.1) is 11.8 Å². The molecule has 3 N–H and O–H groups in total. The molecule has 0 saturated heterocycles. The molecule has 172 valence electrons.